The summed E-state index contributed by atoms with van der Waals surface area (Å²) in [5.74, 6) is -3.86. The van der Waals surface area contributed by atoms with Crippen molar-refractivity contribution >= 4 is 21.7 Å². The van der Waals surface area contributed by atoms with E-state index in [0.29, 0.717) is 12.0 Å². The maximum Gasteiger partial charge on any atom is 0.305 e. The Morgan fingerprint density at radius 1 is 1.24 bits per heavy atom. The molecule has 2 rings (SSSR count). The Morgan fingerprint density at radius 2 is 1.96 bits per heavy atom. The summed E-state index contributed by atoms with van der Waals surface area (Å²) in [6.07, 6.45) is 0.0902. The van der Waals surface area contributed by atoms with Crippen LogP contribution in [0.3, 0.4) is 0 Å². The number of carboxylic acid groups (broad SMARTS) is 1. The second kappa shape index (κ2) is 7.90. The summed E-state index contributed by atoms with van der Waals surface area (Å²) >= 11 is 0. The van der Waals surface area contributed by atoms with Crippen molar-refractivity contribution in [3.63, 3.8) is 0 Å². The monoisotopic (exact) mass is 375 g/mol. The zero-order chi connectivity index (χ0) is 18.6. The van der Waals surface area contributed by atoms with Crippen molar-refractivity contribution in [1.29, 1.82) is 0 Å². The number of carboxylic acids is 1. The van der Waals surface area contributed by atoms with Crippen molar-refractivity contribution in [3.05, 3.63) is 35.4 Å². The van der Waals surface area contributed by atoms with E-state index in [1.807, 2.05) is 0 Å². The molecule has 1 amide bonds. The normalized spacial score (nSPS) is 18.9. The Kier molecular flexibility index (Phi) is 6.10. The van der Waals surface area contributed by atoms with Crippen molar-refractivity contribution in [2.24, 2.45) is 5.92 Å². The quantitative estimate of drug-likeness (QED) is 0.781. The highest BCUT2D eigenvalue weighted by Crippen LogP contribution is 2.23. The third-order valence-electron chi connectivity index (χ3n) is 4.10. The maximum absolute atomic E-state index is 13.3. The molecule has 0 spiro atoms. The second-order valence-corrected chi connectivity index (χ2v) is 8.41. The molecule has 1 aliphatic rings. The molecule has 1 fully saturated rings. The van der Waals surface area contributed by atoms with E-state index in [2.05, 4.69) is 0 Å². The van der Waals surface area contributed by atoms with Gasteiger partial charge in [-0.3, -0.25) is 9.59 Å². The van der Waals surface area contributed by atoms with E-state index in [4.69, 9.17) is 5.11 Å². The number of aliphatic carboxylic acids is 1. The number of carbonyl (C=O) groups is 2. The van der Waals surface area contributed by atoms with Crippen LogP contribution >= 0.6 is 0 Å². The molecule has 6 nitrogen and oxygen atoms in total. The molecule has 0 aliphatic carbocycles. The fourth-order valence-corrected chi connectivity index (χ4v) is 4.65. The predicted molar refractivity (Wildman–Crippen MR) is 85.4 cm³/mol. The van der Waals surface area contributed by atoms with E-state index in [0.717, 1.165) is 12.1 Å². The molecule has 1 heterocycles. The van der Waals surface area contributed by atoms with Gasteiger partial charge >= 0.3 is 5.97 Å². The number of carbonyl (C=O) groups excluding carboxylic acids is 1. The van der Waals surface area contributed by atoms with Crippen LogP contribution in [0, 0.1) is 17.6 Å². The van der Waals surface area contributed by atoms with Crippen molar-refractivity contribution in [2.45, 2.75) is 25.8 Å². The van der Waals surface area contributed by atoms with Crippen LogP contribution < -0.4 is 0 Å². The van der Waals surface area contributed by atoms with Crippen LogP contribution in [0.25, 0.3) is 0 Å². The lowest BCUT2D eigenvalue weighted by Gasteiger charge is -2.23. The van der Waals surface area contributed by atoms with Gasteiger partial charge in [-0.05, 0) is 30.0 Å². The topological polar surface area (TPSA) is 91.8 Å². The SMILES string of the molecule is O=C(O)CCN(Cc1ccc(F)c(F)c1)C(=O)CC1CCS(=O)(=O)C1. The van der Waals surface area contributed by atoms with Gasteiger partial charge in [0.2, 0.25) is 5.91 Å². The zero-order valence-electron chi connectivity index (χ0n) is 13.5. The molecule has 1 N–H and O–H groups in total. The first-order valence-electron chi connectivity index (χ1n) is 7.80. The Balaban J connectivity index is 2.07. The van der Waals surface area contributed by atoms with Gasteiger partial charge in [0.1, 0.15) is 0 Å². The summed E-state index contributed by atoms with van der Waals surface area (Å²) in [6, 6.07) is 3.21. The minimum Gasteiger partial charge on any atom is -0.481 e. The lowest BCUT2D eigenvalue weighted by molar-refractivity contribution is -0.139. The number of hydrogen-bond acceptors (Lipinski definition) is 4. The molecule has 0 bridgehead atoms. The van der Waals surface area contributed by atoms with Crippen LogP contribution in [0.15, 0.2) is 18.2 Å². The number of sulfone groups is 1. The van der Waals surface area contributed by atoms with Crippen LogP contribution in [0.5, 0.6) is 0 Å². The van der Waals surface area contributed by atoms with Crippen LogP contribution in [0.4, 0.5) is 8.78 Å². The summed E-state index contributed by atoms with van der Waals surface area (Å²) in [4.78, 5) is 24.5. The van der Waals surface area contributed by atoms with Gasteiger partial charge in [-0.1, -0.05) is 6.07 Å². The van der Waals surface area contributed by atoms with Gasteiger partial charge in [0.05, 0.1) is 17.9 Å². The third-order valence-corrected chi connectivity index (χ3v) is 5.93. The average molecular weight is 375 g/mol. The second-order valence-electron chi connectivity index (χ2n) is 6.18. The molecular formula is C16H19F2NO5S. The van der Waals surface area contributed by atoms with Gasteiger partial charge in [0.15, 0.2) is 21.5 Å². The highest BCUT2D eigenvalue weighted by atomic mass is 32.2. The lowest BCUT2D eigenvalue weighted by atomic mass is 10.0. The van der Waals surface area contributed by atoms with E-state index < -0.39 is 33.3 Å². The fourth-order valence-electron chi connectivity index (χ4n) is 2.79. The van der Waals surface area contributed by atoms with Crippen molar-refractivity contribution in [1.82, 2.24) is 4.90 Å². The van der Waals surface area contributed by atoms with E-state index >= 15 is 0 Å². The Labute approximate surface area is 144 Å². The molecule has 0 radical (unpaired) electrons. The van der Waals surface area contributed by atoms with Crippen molar-refractivity contribution in [3.8, 4) is 0 Å². The molecule has 1 unspecified atom stereocenters. The third kappa shape index (κ3) is 5.77. The Hall–Kier alpha value is -2.03. The minimum absolute atomic E-state index is 0.0114. The Bertz CT molecular complexity index is 766. The van der Waals surface area contributed by atoms with Gasteiger partial charge < -0.3 is 10.0 Å². The first-order valence-corrected chi connectivity index (χ1v) is 9.62. The number of nitrogens with zero attached hydrogens (tertiary/aromatic N) is 1. The molecule has 25 heavy (non-hydrogen) atoms. The molecule has 9 heteroatoms. The summed E-state index contributed by atoms with van der Waals surface area (Å²) in [7, 11) is -3.12. The highest BCUT2D eigenvalue weighted by Gasteiger charge is 2.30. The molecular weight excluding hydrogens is 356 g/mol. The number of rotatable bonds is 7. The van der Waals surface area contributed by atoms with Gasteiger partial charge in [0, 0.05) is 19.5 Å². The van der Waals surface area contributed by atoms with Crippen molar-refractivity contribution < 1.29 is 31.9 Å². The molecule has 1 atom stereocenters. The van der Waals surface area contributed by atoms with E-state index in [9.17, 15) is 26.8 Å². The largest absolute Gasteiger partial charge is 0.481 e. The molecule has 138 valence electrons. The minimum atomic E-state index is -3.12. The van der Waals surface area contributed by atoms with E-state index in [-0.39, 0.29) is 43.4 Å². The highest BCUT2D eigenvalue weighted by molar-refractivity contribution is 7.91. The molecule has 1 aromatic rings. The molecule has 0 aromatic heterocycles. The molecule has 1 aromatic carbocycles. The summed E-state index contributed by atoms with van der Waals surface area (Å²) in [5.41, 5.74) is 0.330. The maximum atomic E-state index is 13.3. The number of amides is 1. The van der Waals surface area contributed by atoms with Crippen LogP contribution in [0.1, 0.15) is 24.8 Å². The van der Waals surface area contributed by atoms with Gasteiger partial charge in [-0.15, -0.1) is 0 Å². The zero-order valence-corrected chi connectivity index (χ0v) is 14.3. The standard InChI is InChI=1S/C16H19F2NO5S/c17-13-2-1-11(7-14(13)18)9-19(5-3-16(21)22)15(20)8-12-4-6-25(23,24)10-12/h1-2,7,12H,3-6,8-10H2,(H,21,22). The van der Waals surface area contributed by atoms with Crippen LogP contribution in [-0.2, 0) is 26.0 Å². The lowest BCUT2D eigenvalue weighted by Crippen LogP contribution is -2.34. The van der Waals surface area contributed by atoms with E-state index in [1.54, 1.807) is 0 Å². The average Bonchev–Trinajstić information content (AvgIpc) is 2.85. The van der Waals surface area contributed by atoms with Crippen LogP contribution in [-0.4, -0.2) is 48.4 Å². The summed E-state index contributed by atoms with van der Waals surface area (Å²) < 4.78 is 49.3. The van der Waals surface area contributed by atoms with Crippen molar-refractivity contribution in [2.75, 3.05) is 18.1 Å². The molecule has 0 saturated carbocycles. The number of hydrogen-bond donors (Lipinski definition) is 1. The predicted octanol–water partition coefficient (Wildman–Crippen LogP) is 1.59. The summed E-state index contributed by atoms with van der Waals surface area (Å²) in [5, 5.41) is 8.82. The first kappa shape index (κ1) is 19.3. The summed E-state index contributed by atoms with van der Waals surface area (Å²) in [6.45, 7) is -0.157. The number of halogens is 2. The van der Waals surface area contributed by atoms with Gasteiger partial charge in [-0.2, -0.15) is 0 Å². The smallest absolute Gasteiger partial charge is 0.305 e. The number of benzene rings is 1. The first-order chi connectivity index (χ1) is 11.7. The van der Waals surface area contributed by atoms with Gasteiger partial charge in [-0.25, -0.2) is 17.2 Å². The fraction of sp³-hybridized carbons (Fsp3) is 0.500. The van der Waals surface area contributed by atoms with Gasteiger partial charge in [0.25, 0.3) is 0 Å². The van der Waals surface area contributed by atoms with Crippen LogP contribution in [0.2, 0.25) is 0 Å². The molecule has 1 aliphatic heterocycles. The Morgan fingerprint density at radius 3 is 2.52 bits per heavy atom. The van der Waals surface area contributed by atoms with E-state index in [1.165, 1.54) is 11.0 Å². The molecule has 1 saturated heterocycles.